The molecule has 2 rings (SSSR count). The van der Waals surface area contributed by atoms with Crippen LogP contribution >= 0.6 is 15.9 Å². The number of aromatic nitrogens is 1. The van der Waals surface area contributed by atoms with E-state index < -0.39 is 0 Å². The van der Waals surface area contributed by atoms with Gasteiger partial charge in [-0.3, -0.25) is 0 Å². The molecule has 19 heavy (non-hydrogen) atoms. The van der Waals surface area contributed by atoms with Gasteiger partial charge < -0.3 is 10.1 Å². The summed E-state index contributed by atoms with van der Waals surface area (Å²) >= 11 is 3.51. The summed E-state index contributed by atoms with van der Waals surface area (Å²) in [5, 5.41) is 3.24. The van der Waals surface area contributed by atoms with Gasteiger partial charge in [0.15, 0.2) is 0 Å². The van der Waals surface area contributed by atoms with Crippen LogP contribution in [-0.4, -0.2) is 11.5 Å². The topological polar surface area (TPSA) is 34.1 Å². The van der Waals surface area contributed by atoms with Gasteiger partial charge in [0.25, 0.3) is 0 Å². The molecule has 0 radical (unpaired) electrons. The Kier molecular flexibility index (Phi) is 5.21. The molecule has 2 aromatic rings. The SMILES string of the molecule is CCCNc1cccc(OCc2ccccc2Br)n1. The zero-order chi connectivity index (χ0) is 13.5. The molecule has 0 fully saturated rings. The minimum absolute atomic E-state index is 0.506. The first-order valence-corrected chi connectivity index (χ1v) is 7.16. The maximum atomic E-state index is 5.71. The van der Waals surface area contributed by atoms with E-state index >= 15 is 0 Å². The van der Waals surface area contributed by atoms with E-state index in [1.165, 1.54) is 0 Å². The molecule has 0 atom stereocenters. The number of halogens is 1. The number of ether oxygens (including phenoxy) is 1. The third-order valence-corrected chi connectivity index (χ3v) is 3.39. The minimum Gasteiger partial charge on any atom is -0.473 e. The second-order valence-corrected chi connectivity index (χ2v) is 5.02. The number of hydrogen-bond acceptors (Lipinski definition) is 3. The highest BCUT2D eigenvalue weighted by atomic mass is 79.9. The molecule has 0 aliphatic rings. The molecule has 0 saturated carbocycles. The van der Waals surface area contributed by atoms with Crippen LogP contribution < -0.4 is 10.1 Å². The Morgan fingerprint density at radius 1 is 1.16 bits per heavy atom. The van der Waals surface area contributed by atoms with Crippen molar-refractivity contribution in [1.82, 2.24) is 4.98 Å². The van der Waals surface area contributed by atoms with Crippen molar-refractivity contribution in [2.45, 2.75) is 20.0 Å². The molecule has 1 aromatic heterocycles. The van der Waals surface area contributed by atoms with Gasteiger partial charge in [-0.15, -0.1) is 0 Å². The Hall–Kier alpha value is -1.55. The molecule has 0 saturated heterocycles. The Labute approximate surface area is 122 Å². The van der Waals surface area contributed by atoms with Crippen molar-refractivity contribution in [2.75, 3.05) is 11.9 Å². The molecule has 0 aliphatic carbocycles. The van der Waals surface area contributed by atoms with Crippen molar-refractivity contribution >= 4 is 21.7 Å². The number of nitrogens with zero attached hydrogens (tertiary/aromatic N) is 1. The number of hydrogen-bond donors (Lipinski definition) is 1. The highest BCUT2D eigenvalue weighted by Gasteiger charge is 2.01. The van der Waals surface area contributed by atoms with Crippen molar-refractivity contribution in [3.63, 3.8) is 0 Å². The zero-order valence-electron chi connectivity index (χ0n) is 10.9. The Morgan fingerprint density at radius 2 is 2.00 bits per heavy atom. The van der Waals surface area contributed by atoms with Crippen LogP contribution in [0, 0.1) is 0 Å². The fraction of sp³-hybridized carbons (Fsp3) is 0.267. The van der Waals surface area contributed by atoms with Crippen molar-refractivity contribution in [3.8, 4) is 5.88 Å². The van der Waals surface area contributed by atoms with Crippen molar-refractivity contribution < 1.29 is 4.74 Å². The maximum Gasteiger partial charge on any atom is 0.215 e. The lowest BCUT2D eigenvalue weighted by molar-refractivity contribution is 0.293. The van der Waals surface area contributed by atoms with E-state index in [0.717, 1.165) is 28.8 Å². The summed E-state index contributed by atoms with van der Waals surface area (Å²) in [7, 11) is 0. The molecular weight excluding hydrogens is 304 g/mol. The predicted molar refractivity (Wildman–Crippen MR) is 81.5 cm³/mol. The van der Waals surface area contributed by atoms with Crippen molar-refractivity contribution in [3.05, 3.63) is 52.5 Å². The second kappa shape index (κ2) is 7.14. The van der Waals surface area contributed by atoms with E-state index in [1.807, 2.05) is 42.5 Å². The average Bonchev–Trinajstić information content (AvgIpc) is 2.45. The molecule has 0 amide bonds. The zero-order valence-corrected chi connectivity index (χ0v) is 12.5. The summed E-state index contributed by atoms with van der Waals surface area (Å²) in [5.41, 5.74) is 1.11. The number of rotatable bonds is 6. The molecule has 1 heterocycles. The Morgan fingerprint density at radius 3 is 2.79 bits per heavy atom. The fourth-order valence-electron chi connectivity index (χ4n) is 1.61. The van der Waals surface area contributed by atoms with Crippen LogP contribution in [0.15, 0.2) is 46.9 Å². The smallest absolute Gasteiger partial charge is 0.215 e. The molecule has 0 spiro atoms. The van der Waals surface area contributed by atoms with Gasteiger partial charge in [-0.2, -0.15) is 4.98 Å². The lowest BCUT2D eigenvalue weighted by Crippen LogP contribution is -2.03. The monoisotopic (exact) mass is 320 g/mol. The molecule has 4 heteroatoms. The van der Waals surface area contributed by atoms with Crippen molar-refractivity contribution in [2.24, 2.45) is 0 Å². The first-order chi connectivity index (χ1) is 9.29. The van der Waals surface area contributed by atoms with Gasteiger partial charge in [0.1, 0.15) is 12.4 Å². The lowest BCUT2D eigenvalue weighted by Gasteiger charge is -2.09. The first kappa shape index (κ1) is 13.9. The average molecular weight is 321 g/mol. The first-order valence-electron chi connectivity index (χ1n) is 6.36. The summed E-state index contributed by atoms with van der Waals surface area (Å²) in [6.07, 6.45) is 1.07. The summed E-state index contributed by atoms with van der Waals surface area (Å²) in [6, 6.07) is 13.8. The van der Waals surface area contributed by atoms with Gasteiger partial charge in [-0.25, -0.2) is 0 Å². The number of anilines is 1. The highest BCUT2D eigenvalue weighted by molar-refractivity contribution is 9.10. The minimum atomic E-state index is 0.506. The van der Waals surface area contributed by atoms with E-state index in [1.54, 1.807) is 0 Å². The Bertz CT molecular complexity index is 531. The molecule has 1 aromatic carbocycles. The molecule has 0 bridgehead atoms. The molecule has 0 unspecified atom stereocenters. The highest BCUT2D eigenvalue weighted by Crippen LogP contribution is 2.18. The van der Waals surface area contributed by atoms with Gasteiger partial charge in [-0.1, -0.05) is 47.1 Å². The van der Waals surface area contributed by atoms with Gasteiger partial charge in [0, 0.05) is 22.6 Å². The van der Waals surface area contributed by atoms with Crippen LogP contribution in [0.4, 0.5) is 5.82 Å². The van der Waals surface area contributed by atoms with E-state index in [0.29, 0.717) is 12.5 Å². The molecule has 0 aliphatic heterocycles. The van der Waals surface area contributed by atoms with E-state index in [4.69, 9.17) is 4.74 Å². The van der Waals surface area contributed by atoms with Crippen LogP contribution in [-0.2, 0) is 6.61 Å². The summed E-state index contributed by atoms with van der Waals surface area (Å²) in [5.74, 6) is 1.49. The van der Waals surface area contributed by atoms with Crippen LogP contribution in [0.25, 0.3) is 0 Å². The van der Waals surface area contributed by atoms with Crippen LogP contribution in [0.3, 0.4) is 0 Å². The van der Waals surface area contributed by atoms with Crippen LogP contribution in [0.2, 0.25) is 0 Å². The number of pyridine rings is 1. The predicted octanol–water partition coefficient (Wildman–Crippen LogP) is 4.25. The number of nitrogens with one attached hydrogen (secondary N) is 1. The standard InChI is InChI=1S/C15H17BrN2O/c1-2-10-17-14-8-5-9-15(18-14)19-11-12-6-3-4-7-13(12)16/h3-9H,2,10-11H2,1H3,(H,17,18). The largest absolute Gasteiger partial charge is 0.473 e. The fourth-order valence-corrected chi connectivity index (χ4v) is 2.01. The molecule has 3 nitrogen and oxygen atoms in total. The normalized spacial score (nSPS) is 10.2. The summed E-state index contributed by atoms with van der Waals surface area (Å²) in [4.78, 5) is 4.41. The van der Waals surface area contributed by atoms with E-state index in [-0.39, 0.29) is 0 Å². The quantitative estimate of drug-likeness (QED) is 0.864. The van der Waals surface area contributed by atoms with Gasteiger partial charge in [0.05, 0.1) is 0 Å². The van der Waals surface area contributed by atoms with E-state index in [9.17, 15) is 0 Å². The summed E-state index contributed by atoms with van der Waals surface area (Å²) in [6.45, 7) is 3.55. The summed E-state index contributed by atoms with van der Waals surface area (Å²) < 4.78 is 6.76. The molecule has 100 valence electrons. The molecular formula is C15H17BrN2O. The van der Waals surface area contributed by atoms with Gasteiger partial charge in [0.2, 0.25) is 5.88 Å². The third-order valence-electron chi connectivity index (χ3n) is 2.61. The van der Waals surface area contributed by atoms with Crippen LogP contribution in [0.1, 0.15) is 18.9 Å². The Balaban J connectivity index is 1.98. The second-order valence-electron chi connectivity index (χ2n) is 4.17. The lowest BCUT2D eigenvalue weighted by atomic mass is 10.2. The molecule has 1 N–H and O–H groups in total. The van der Waals surface area contributed by atoms with E-state index in [2.05, 4.69) is 33.2 Å². The number of benzene rings is 1. The maximum absolute atomic E-state index is 5.71. The van der Waals surface area contributed by atoms with Gasteiger partial charge in [-0.05, 0) is 18.6 Å². The van der Waals surface area contributed by atoms with Crippen LogP contribution in [0.5, 0.6) is 5.88 Å². The van der Waals surface area contributed by atoms with Crippen molar-refractivity contribution in [1.29, 1.82) is 0 Å². The third kappa shape index (κ3) is 4.24. The van der Waals surface area contributed by atoms with Gasteiger partial charge >= 0.3 is 0 Å².